The molecule has 0 atom stereocenters. The number of aromatic nitrogens is 2. The van der Waals surface area contributed by atoms with Crippen LogP contribution in [0.3, 0.4) is 0 Å². The van der Waals surface area contributed by atoms with Crippen molar-refractivity contribution in [2.45, 2.75) is 32.6 Å². The summed E-state index contributed by atoms with van der Waals surface area (Å²) in [5, 5.41) is 15.4. The number of carboxylic acids is 1. The van der Waals surface area contributed by atoms with Gasteiger partial charge in [-0.3, -0.25) is 4.79 Å². The minimum atomic E-state index is -0.828. The van der Waals surface area contributed by atoms with Crippen LogP contribution in [-0.2, 0) is 24.1 Å². The van der Waals surface area contributed by atoms with E-state index in [4.69, 9.17) is 14.4 Å². The predicted octanol–water partition coefficient (Wildman–Crippen LogP) is 6.18. The van der Waals surface area contributed by atoms with E-state index < -0.39 is 5.97 Å². The summed E-state index contributed by atoms with van der Waals surface area (Å²) in [7, 11) is 0. The average Bonchev–Trinajstić information content (AvgIpc) is 3.44. The molecule has 0 bridgehead atoms. The molecule has 2 aromatic heterocycles. The maximum atomic E-state index is 11.0. The van der Waals surface area contributed by atoms with Crippen LogP contribution in [0.1, 0.15) is 30.2 Å². The third-order valence-electron chi connectivity index (χ3n) is 5.97. The molecular weight excluding hydrogens is 428 g/mol. The normalized spacial score (nSPS) is 11.3. The fourth-order valence-corrected chi connectivity index (χ4v) is 4.40. The number of nitrogens with zero attached hydrogens (tertiary/aromatic N) is 1. The van der Waals surface area contributed by atoms with Crippen LogP contribution in [0.4, 0.5) is 0 Å². The average molecular weight is 455 g/mol. The van der Waals surface area contributed by atoms with E-state index >= 15 is 0 Å². The van der Waals surface area contributed by atoms with Crippen LogP contribution in [0.25, 0.3) is 33.1 Å². The van der Waals surface area contributed by atoms with Crippen molar-refractivity contribution in [2.75, 3.05) is 6.61 Å². The first-order chi connectivity index (χ1) is 16.6. The number of benzene rings is 3. The highest BCUT2D eigenvalue weighted by Crippen LogP contribution is 2.35. The van der Waals surface area contributed by atoms with Gasteiger partial charge in [-0.25, -0.2) is 0 Å². The van der Waals surface area contributed by atoms with Crippen LogP contribution >= 0.6 is 0 Å². The summed E-state index contributed by atoms with van der Waals surface area (Å²) in [4.78, 5) is 14.4. The molecule has 0 unspecified atom stereocenters. The van der Waals surface area contributed by atoms with E-state index in [0.29, 0.717) is 13.0 Å². The third kappa shape index (κ3) is 4.39. The summed E-state index contributed by atoms with van der Waals surface area (Å²) < 4.78 is 12.0. The van der Waals surface area contributed by atoms with E-state index in [9.17, 15) is 4.79 Å². The Morgan fingerprint density at radius 1 is 1.06 bits per heavy atom. The summed E-state index contributed by atoms with van der Waals surface area (Å²) >= 11 is 0. The number of rotatable bonds is 9. The van der Waals surface area contributed by atoms with Crippen LogP contribution in [0, 0.1) is 0 Å². The second-order valence-corrected chi connectivity index (χ2v) is 8.45. The second kappa shape index (κ2) is 9.43. The largest absolute Gasteiger partial charge is 0.493 e. The van der Waals surface area contributed by atoms with Crippen molar-refractivity contribution in [3.05, 3.63) is 83.6 Å². The van der Waals surface area contributed by atoms with Crippen LogP contribution in [0.5, 0.6) is 5.75 Å². The van der Waals surface area contributed by atoms with Crippen molar-refractivity contribution >= 4 is 27.8 Å². The first-order valence-electron chi connectivity index (χ1n) is 11.5. The van der Waals surface area contributed by atoms with Gasteiger partial charge in [0.15, 0.2) is 5.58 Å². The number of fused-ring (bicyclic) bond motifs is 2. The fraction of sp³-hybridized carbons (Fsp3) is 0.214. The number of nitrogens with one attached hydrogen (secondary N) is 1. The standard InChI is InChI=1S/C28H26N2O4/c1-2-6-22-25(12-10-23-27(30-34-28(22)23)19-7-4-3-5-8-19)33-14-13-21-17-20-15-18(16-26(31)32)9-11-24(20)29-21/h3-5,7-12,15,17,29H,2,6,13-14,16H2,1H3,(H,31,32). The minimum Gasteiger partial charge on any atom is -0.493 e. The van der Waals surface area contributed by atoms with Crippen molar-refractivity contribution in [2.24, 2.45) is 0 Å². The van der Waals surface area contributed by atoms with Gasteiger partial charge in [-0.2, -0.15) is 0 Å². The Hall–Kier alpha value is -4.06. The molecule has 6 heteroatoms. The van der Waals surface area contributed by atoms with E-state index in [1.807, 2.05) is 60.7 Å². The molecule has 0 aliphatic rings. The van der Waals surface area contributed by atoms with Gasteiger partial charge in [0, 0.05) is 28.8 Å². The molecule has 2 heterocycles. The number of aryl methyl sites for hydroxylation is 1. The van der Waals surface area contributed by atoms with E-state index in [0.717, 1.165) is 68.5 Å². The fourth-order valence-electron chi connectivity index (χ4n) is 4.40. The molecule has 0 fully saturated rings. The first kappa shape index (κ1) is 21.8. The molecule has 5 rings (SSSR count). The van der Waals surface area contributed by atoms with Gasteiger partial charge in [-0.1, -0.05) is 54.9 Å². The Bertz CT molecular complexity index is 1450. The summed E-state index contributed by atoms with van der Waals surface area (Å²) in [6, 6.07) is 21.8. The van der Waals surface area contributed by atoms with Crippen molar-refractivity contribution in [3.8, 4) is 17.0 Å². The third-order valence-corrected chi connectivity index (χ3v) is 5.97. The lowest BCUT2D eigenvalue weighted by molar-refractivity contribution is -0.136. The Morgan fingerprint density at radius 2 is 1.91 bits per heavy atom. The molecule has 34 heavy (non-hydrogen) atoms. The summed E-state index contributed by atoms with van der Waals surface area (Å²) in [5.74, 6) is -0.00373. The number of aromatic amines is 1. The highest BCUT2D eigenvalue weighted by molar-refractivity contribution is 5.94. The monoisotopic (exact) mass is 454 g/mol. The Balaban J connectivity index is 1.34. The Morgan fingerprint density at radius 3 is 2.71 bits per heavy atom. The number of hydrogen-bond donors (Lipinski definition) is 2. The van der Waals surface area contributed by atoms with Crippen molar-refractivity contribution < 1.29 is 19.2 Å². The topological polar surface area (TPSA) is 88.4 Å². The molecule has 6 nitrogen and oxygen atoms in total. The molecule has 0 amide bonds. The Kier molecular flexibility index (Phi) is 6.04. The summed E-state index contributed by atoms with van der Waals surface area (Å²) in [5.41, 5.74) is 6.54. The molecule has 172 valence electrons. The van der Waals surface area contributed by atoms with E-state index in [-0.39, 0.29) is 6.42 Å². The van der Waals surface area contributed by atoms with Gasteiger partial charge in [0.25, 0.3) is 0 Å². The molecule has 3 aromatic carbocycles. The van der Waals surface area contributed by atoms with Gasteiger partial charge in [0.2, 0.25) is 0 Å². The predicted molar refractivity (Wildman–Crippen MR) is 132 cm³/mol. The highest BCUT2D eigenvalue weighted by Gasteiger charge is 2.17. The maximum absolute atomic E-state index is 11.0. The van der Waals surface area contributed by atoms with Gasteiger partial charge in [0.1, 0.15) is 11.4 Å². The SMILES string of the molecule is CCCc1c(OCCc2cc3cc(CC(=O)O)ccc3[nH]2)ccc2c(-c3ccccc3)noc12. The summed E-state index contributed by atoms with van der Waals surface area (Å²) in [6.45, 7) is 2.65. The first-order valence-corrected chi connectivity index (χ1v) is 11.5. The molecule has 0 spiro atoms. The van der Waals surface area contributed by atoms with Gasteiger partial charge in [0.05, 0.1) is 18.4 Å². The number of aliphatic carboxylic acids is 1. The van der Waals surface area contributed by atoms with Crippen molar-refractivity contribution in [3.63, 3.8) is 0 Å². The lowest BCUT2D eigenvalue weighted by Crippen LogP contribution is -2.04. The number of carboxylic acid groups (broad SMARTS) is 1. The zero-order valence-electron chi connectivity index (χ0n) is 19.0. The van der Waals surface area contributed by atoms with Crippen molar-refractivity contribution in [1.82, 2.24) is 10.1 Å². The van der Waals surface area contributed by atoms with Gasteiger partial charge in [-0.15, -0.1) is 0 Å². The molecule has 0 saturated carbocycles. The van der Waals surface area contributed by atoms with Crippen LogP contribution in [0.15, 0.2) is 71.3 Å². The number of H-pyrrole nitrogens is 1. The zero-order valence-corrected chi connectivity index (χ0v) is 19.0. The lowest BCUT2D eigenvalue weighted by atomic mass is 10.0. The molecule has 2 N–H and O–H groups in total. The molecule has 0 aliphatic carbocycles. The molecule has 0 saturated heterocycles. The van der Waals surface area contributed by atoms with Crippen LogP contribution in [0.2, 0.25) is 0 Å². The van der Waals surface area contributed by atoms with E-state index in [1.54, 1.807) is 0 Å². The number of ether oxygens (including phenoxy) is 1. The smallest absolute Gasteiger partial charge is 0.307 e. The van der Waals surface area contributed by atoms with Gasteiger partial charge >= 0.3 is 5.97 Å². The van der Waals surface area contributed by atoms with E-state index in [2.05, 4.69) is 23.1 Å². The second-order valence-electron chi connectivity index (χ2n) is 8.45. The molecule has 0 aliphatic heterocycles. The molecule has 0 radical (unpaired) electrons. The Labute approximate surface area is 197 Å². The van der Waals surface area contributed by atoms with Crippen LogP contribution in [-0.4, -0.2) is 27.8 Å². The van der Waals surface area contributed by atoms with E-state index in [1.165, 1.54) is 0 Å². The molecule has 5 aromatic rings. The zero-order chi connectivity index (χ0) is 23.5. The maximum Gasteiger partial charge on any atom is 0.307 e. The quantitative estimate of drug-likeness (QED) is 0.278. The highest BCUT2D eigenvalue weighted by atomic mass is 16.5. The molecular formula is C28H26N2O4. The number of hydrogen-bond acceptors (Lipinski definition) is 4. The summed E-state index contributed by atoms with van der Waals surface area (Å²) in [6.07, 6.45) is 2.54. The van der Waals surface area contributed by atoms with Crippen LogP contribution < -0.4 is 4.74 Å². The number of carbonyl (C=O) groups is 1. The minimum absolute atomic E-state index is 0.0237. The van der Waals surface area contributed by atoms with Gasteiger partial charge in [-0.05, 0) is 47.7 Å². The lowest BCUT2D eigenvalue weighted by Gasteiger charge is -2.11. The van der Waals surface area contributed by atoms with Crippen molar-refractivity contribution in [1.29, 1.82) is 0 Å². The van der Waals surface area contributed by atoms with Gasteiger partial charge < -0.3 is 19.4 Å².